The molecule has 0 saturated carbocycles. The first-order valence-electron chi connectivity index (χ1n) is 5.91. The van der Waals surface area contributed by atoms with E-state index in [4.69, 9.17) is 15.2 Å². The Morgan fingerprint density at radius 2 is 2.44 bits per heavy atom. The average molecular weight is 230 g/mol. The van der Waals surface area contributed by atoms with E-state index in [9.17, 15) is 4.79 Å². The van der Waals surface area contributed by atoms with Gasteiger partial charge in [-0.15, -0.1) is 0 Å². The Balaban J connectivity index is 2.25. The summed E-state index contributed by atoms with van der Waals surface area (Å²) in [7, 11) is 0. The molecule has 0 spiro atoms. The summed E-state index contributed by atoms with van der Waals surface area (Å²) < 4.78 is 11.1. The zero-order chi connectivity index (χ0) is 11.9. The van der Waals surface area contributed by atoms with E-state index in [1.54, 1.807) is 0 Å². The number of nitrogens with one attached hydrogen (secondary N) is 1. The van der Waals surface area contributed by atoms with Crippen LogP contribution in [0.15, 0.2) is 0 Å². The molecule has 1 atom stereocenters. The molecule has 5 nitrogen and oxygen atoms in total. The van der Waals surface area contributed by atoms with Crippen LogP contribution >= 0.6 is 0 Å². The smallest absolute Gasteiger partial charge is 0.222 e. The Bertz CT molecular complexity index is 215. The number of ether oxygens (including phenoxy) is 2. The van der Waals surface area contributed by atoms with Gasteiger partial charge in [0.05, 0.1) is 13.2 Å². The standard InChI is InChI=1S/C11H22N2O3/c1-2-13-10(14)4-7-16-11(8-12)5-3-6-15-9-11/h2-9,12H2,1H3,(H,13,14). The molecule has 1 unspecified atom stereocenters. The summed E-state index contributed by atoms with van der Waals surface area (Å²) in [6, 6.07) is 0. The summed E-state index contributed by atoms with van der Waals surface area (Å²) in [5, 5.41) is 2.73. The predicted molar refractivity (Wildman–Crippen MR) is 61.1 cm³/mol. The SMILES string of the molecule is CCNC(=O)CCOC1(CN)CCCOC1. The van der Waals surface area contributed by atoms with E-state index in [-0.39, 0.29) is 11.5 Å². The first kappa shape index (κ1) is 13.4. The summed E-state index contributed by atoms with van der Waals surface area (Å²) in [6.07, 6.45) is 2.27. The van der Waals surface area contributed by atoms with Crippen molar-refractivity contribution in [3.05, 3.63) is 0 Å². The molecule has 1 aliphatic rings. The van der Waals surface area contributed by atoms with Gasteiger partial charge >= 0.3 is 0 Å². The van der Waals surface area contributed by atoms with Crippen molar-refractivity contribution in [3.63, 3.8) is 0 Å². The van der Waals surface area contributed by atoms with Gasteiger partial charge in [-0.2, -0.15) is 0 Å². The van der Waals surface area contributed by atoms with Crippen molar-refractivity contribution < 1.29 is 14.3 Å². The Kier molecular flexibility index (Phi) is 5.73. The van der Waals surface area contributed by atoms with Crippen LogP contribution < -0.4 is 11.1 Å². The van der Waals surface area contributed by atoms with Crippen LogP contribution in [0.2, 0.25) is 0 Å². The molecule has 0 aromatic rings. The van der Waals surface area contributed by atoms with E-state index in [1.165, 1.54) is 0 Å². The van der Waals surface area contributed by atoms with Gasteiger partial charge in [0.1, 0.15) is 5.60 Å². The summed E-state index contributed by atoms with van der Waals surface area (Å²) >= 11 is 0. The molecular formula is C11H22N2O3. The quantitative estimate of drug-likeness (QED) is 0.675. The molecule has 1 saturated heterocycles. The van der Waals surface area contributed by atoms with Crippen LogP contribution in [0, 0.1) is 0 Å². The molecule has 1 amide bonds. The van der Waals surface area contributed by atoms with Crippen LogP contribution in [0.3, 0.4) is 0 Å². The highest BCUT2D eigenvalue weighted by Gasteiger charge is 2.32. The van der Waals surface area contributed by atoms with Gasteiger partial charge in [-0.05, 0) is 19.8 Å². The first-order valence-corrected chi connectivity index (χ1v) is 5.91. The van der Waals surface area contributed by atoms with Crippen LogP contribution in [-0.2, 0) is 14.3 Å². The molecular weight excluding hydrogens is 208 g/mol. The van der Waals surface area contributed by atoms with Crippen LogP contribution in [-0.4, -0.2) is 44.4 Å². The molecule has 1 rings (SSSR count). The Morgan fingerprint density at radius 1 is 1.62 bits per heavy atom. The summed E-state index contributed by atoms with van der Waals surface area (Å²) in [4.78, 5) is 11.2. The first-order chi connectivity index (χ1) is 7.72. The molecule has 0 aromatic heterocycles. The predicted octanol–water partition coefficient (Wildman–Crippen LogP) is 0.0371. The van der Waals surface area contributed by atoms with Gasteiger partial charge in [0.25, 0.3) is 0 Å². The normalized spacial score (nSPS) is 25.4. The van der Waals surface area contributed by atoms with Crippen molar-refractivity contribution in [2.24, 2.45) is 5.73 Å². The van der Waals surface area contributed by atoms with Crippen molar-refractivity contribution in [2.75, 3.05) is 32.9 Å². The minimum absolute atomic E-state index is 0.0198. The number of nitrogens with two attached hydrogens (primary N) is 1. The second-order valence-electron chi connectivity index (χ2n) is 4.10. The van der Waals surface area contributed by atoms with Crippen LogP contribution in [0.5, 0.6) is 0 Å². The lowest BCUT2D eigenvalue weighted by molar-refractivity contribution is -0.134. The monoisotopic (exact) mass is 230 g/mol. The van der Waals surface area contributed by atoms with Gasteiger partial charge in [0.2, 0.25) is 5.91 Å². The molecule has 0 aromatic carbocycles. The van der Waals surface area contributed by atoms with Crippen LogP contribution in [0.1, 0.15) is 26.2 Å². The lowest BCUT2D eigenvalue weighted by atomic mass is 9.96. The number of amides is 1. The molecule has 1 heterocycles. The van der Waals surface area contributed by atoms with Crippen molar-refractivity contribution in [3.8, 4) is 0 Å². The third-order valence-corrected chi connectivity index (χ3v) is 2.77. The molecule has 1 fully saturated rings. The minimum Gasteiger partial charge on any atom is -0.378 e. The lowest BCUT2D eigenvalue weighted by Crippen LogP contribution is -2.48. The van der Waals surface area contributed by atoms with Gasteiger partial charge in [0.15, 0.2) is 0 Å². The molecule has 1 aliphatic heterocycles. The number of carbonyl (C=O) groups excluding carboxylic acids is 1. The minimum atomic E-state index is -0.370. The summed E-state index contributed by atoms with van der Waals surface area (Å²) in [5.74, 6) is 0.0198. The highest BCUT2D eigenvalue weighted by Crippen LogP contribution is 2.22. The number of rotatable bonds is 6. The molecule has 5 heteroatoms. The maximum Gasteiger partial charge on any atom is 0.222 e. The van der Waals surface area contributed by atoms with Crippen molar-refractivity contribution in [1.29, 1.82) is 0 Å². The lowest BCUT2D eigenvalue weighted by Gasteiger charge is -2.35. The third-order valence-electron chi connectivity index (χ3n) is 2.77. The third kappa shape index (κ3) is 4.08. The highest BCUT2D eigenvalue weighted by molar-refractivity contribution is 5.75. The molecule has 3 N–H and O–H groups in total. The number of carbonyl (C=O) groups is 1. The maximum absolute atomic E-state index is 11.2. The Morgan fingerprint density at radius 3 is 3.00 bits per heavy atom. The van der Waals surface area contributed by atoms with Gasteiger partial charge < -0.3 is 20.5 Å². The fourth-order valence-corrected chi connectivity index (χ4v) is 1.81. The Labute approximate surface area is 96.7 Å². The van der Waals surface area contributed by atoms with Crippen LogP contribution in [0.4, 0.5) is 0 Å². The van der Waals surface area contributed by atoms with Gasteiger partial charge in [-0.3, -0.25) is 4.79 Å². The Hall–Kier alpha value is -0.650. The second kappa shape index (κ2) is 6.83. The van der Waals surface area contributed by atoms with Crippen molar-refractivity contribution >= 4 is 5.91 Å². The zero-order valence-electron chi connectivity index (χ0n) is 9.96. The average Bonchev–Trinajstić information content (AvgIpc) is 2.31. The van der Waals surface area contributed by atoms with E-state index in [2.05, 4.69) is 5.32 Å². The van der Waals surface area contributed by atoms with Crippen LogP contribution in [0.25, 0.3) is 0 Å². The van der Waals surface area contributed by atoms with Gasteiger partial charge in [-0.25, -0.2) is 0 Å². The molecule has 0 aliphatic carbocycles. The van der Waals surface area contributed by atoms with E-state index in [1.807, 2.05) is 6.92 Å². The van der Waals surface area contributed by atoms with E-state index in [0.29, 0.717) is 32.7 Å². The topological polar surface area (TPSA) is 73.6 Å². The summed E-state index contributed by atoms with van der Waals surface area (Å²) in [5.41, 5.74) is 5.34. The molecule has 94 valence electrons. The van der Waals surface area contributed by atoms with E-state index >= 15 is 0 Å². The maximum atomic E-state index is 11.2. The highest BCUT2D eigenvalue weighted by atomic mass is 16.5. The van der Waals surface area contributed by atoms with Crippen molar-refractivity contribution in [2.45, 2.75) is 31.8 Å². The summed E-state index contributed by atoms with van der Waals surface area (Å²) in [6.45, 7) is 4.73. The molecule has 16 heavy (non-hydrogen) atoms. The fourth-order valence-electron chi connectivity index (χ4n) is 1.81. The van der Waals surface area contributed by atoms with Gasteiger partial charge in [0, 0.05) is 26.1 Å². The zero-order valence-corrected chi connectivity index (χ0v) is 9.96. The number of hydrogen-bond acceptors (Lipinski definition) is 4. The van der Waals surface area contributed by atoms with Crippen molar-refractivity contribution in [1.82, 2.24) is 5.32 Å². The molecule has 0 radical (unpaired) electrons. The van der Waals surface area contributed by atoms with E-state index < -0.39 is 0 Å². The fraction of sp³-hybridized carbons (Fsp3) is 0.909. The largest absolute Gasteiger partial charge is 0.378 e. The van der Waals surface area contributed by atoms with E-state index in [0.717, 1.165) is 19.4 Å². The van der Waals surface area contributed by atoms with Gasteiger partial charge in [-0.1, -0.05) is 0 Å². The molecule has 0 bridgehead atoms. The second-order valence-corrected chi connectivity index (χ2v) is 4.10. The number of hydrogen-bond donors (Lipinski definition) is 2.